The highest BCUT2D eigenvalue weighted by Gasteiger charge is 2.33. The zero-order valence-electron chi connectivity index (χ0n) is 15.9. The highest BCUT2D eigenvalue weighted by atomic mass is 19.3. The standard InChI is InChI=1S/C20H18F3N5O2/c1-10-8-15(18(22)23)28-19(25-10)12(9-24-28)20(30)26-14-6-7-16(29)27-17(14)11-4-2-3-5-13(11)21/h2-5,8-9,14,17-18H,6-7H2,1H3,(H,26,30)(H,27,29). The van der Waals surface area contributed by atoms with Crippen molar-refractivity contribution in [3.63, 3.8) is 0 Å². The molecule has 30 heavy (non-hydrogen) atoms. The summed E-state index contributed by atoms with van der Waals surface area (Å²) in [5.41, 5.74) is 0.228. The number of amides is 2. The van der Waals surface area contributed by atoms with Crippen molar-refractivity contribution in [1.82, 2.24) is 25.2 Å². The molecule has 0 aliphatic carbocycles. The van der Waals surface area contributed by atoms with Gasteiger partial charge in [0.1, 0.15) is 17.1 Å². The maximum Gasteiger partial charge on any atom is 0.280 e. The number of hydrogen-bond donors (Lipinski definition) is 2. The van der Waals surface area contributed by atoms with Crippen molar-refractivity contribution < 1.29 is 22.8 Å². The first-order chi connectivity index (χ1) is 14.3. The van der Waals surface area contributed by atoms with Gasteiger partial charge in [0, 0.05) is 17.7 Å². The number of nitrogens with one attached hydrogen (secondary N) is 2. The van der Waals surface area contributed by atoms with E-state index in [1.165, 1.54) is 24.4 Å². The van der Waals surface area contributed by atoms with E-state index in [0.717, 1.165) is 4.52 Å². The number of aromatic nitrogens is 3. The SMILES string of the molecule is Cc1cc(C(F)F)n2ncc(C(=O)NC3CCC(=O)NC3c3ccccc3F)c2n1. The molecule has 156 valence electrons. The van der Waals surface area contributed by atoms with Gasteiger partial charge < -0.3 is 10.6 Å². The third-order valence-electron chi connectivity index (χ3n) is 5.05. The maximum absolute atomic E-state index is 14.3. The number of fused-ring (bicyclic) bond motifs is 1. The molecule has 1 fully saturated rings. The minimum absolute atomic E-state index is 0.00471. The summed E-state index contributed by atoms with van der Waals surface area (Å²) in [6.07, 6.45) is -1.16. The van der Waals surface area contributed by atoms with Gasteiger partial charge >= 0.3 is 0 Å². The molecule has 7 nitrogen and oxygen atoms in total. The Bertz CT molecular complexity index is 1130. The largest absolute Gasteiger partial charge is 0.347 e. The molecule has 2 aromatic heterocycles. The summed E-state index contributed by atoms with van der Waals surface area (Å²) in [5, 5.41) is 9.37. The third-order valence-corrected chi connectivity index (χ3v) is 5.05. The predicted octanol–water partition coefficient (Wildman–Crippen LogP) is 2.86. The molecular weight excluding hydrogens is 399 g/mol. The topological polar surface area (TPSA) is 88.4 Å². The molecule has 2 atom stereocenters. The fraction of sp³-hybridized carbons (Fsp3) is 0.300. The van der Waals surface area contributed by atoms with Gasteiger partial charge in [-0.15, -0.1) is 0 Å². The van der Waals surface area contributed by atoms with Gasteiger partial charge in [0.05, 0.1) is 18.3 Å². The summed E-state index contributed by atoms with van der Waals surface area (Å²) >= 11 is 0. The van der Waals surface area contributed by atoms with E-state index < -0.39 is 30.2 Å². The van der Waals surface area contributed by atoms with E-state index >= 15 is 0 Å². The highest BCUT2D eigenvalue weighted by molar-refractivity contribution is 6.00. The Hall–Kier alpha value is -3.43. The van der Waals surface area contributed by atoms with Crippen molar-refractivity contribution in [1.29, 1.82) is 0 Å². The molecule has 1 aliphatic rings. The Labute approximate surface area is 169 Å². The van der Waals surface area contributed by atoms with Crippen LogP contribution in [0.15, 0.2) is 36.5 Å². The Morgan fingerprint density at radius 3 is 2.83 bits per heavy atom. The molecule has 1 aliphatic heterocycles. The predicted molar refractivity (Wildman–Crippen MR) is 100 cm³/mol. The van der Waals surface area contributed by atoms with Gasteiger partial charge in [0.25, 0.3) is 12.3 Å². The van der Waals surface area contributed by atoms with E-state index in [9.17, 15) is 22.8 Å². The number of nitrogens with zero attached hydrogens (tertiary/aromatic N) is 3. The van der Waals surface area contributed by atoms with Crippen LogP contribution in [0.1, 0.15) is 52.6 Å². The normalized spacial score (nSPS) is 19.2. The summed E-state index contributed by atoms with van der Waals surface area (Å²) in [6, 6.07) is 5.84. The first kappa shape index (κ1) is 19.9. The average Bonchev–Trinajstić information content (AvgIpc) is 3.12. The monoisotopic (exact) mass is 417 g/mol. The summed E-state index contributed by atoms with van der Waals surface area (Å²) in [6.45, 7) is 1.55. The number of benzene rings is 1. The van der Waals surface area contributed by atoms with Crippen molar-refractivity contribution in [2.75, 3.05) is 0 Å². The van der Waals surface area contributed by atoms with Crippen LogP contribution in [-0.2, 0) is 4.79 Å². The van der Waals surface area contributed by atoms with Gasteiger partial charge in [-0.2, -0.15) is 5.10 Å². The van der Waals surface area contributed by atoms with Crippen molar-refractivity contribution in [2.24, 2.45) is 0 Å². The second kappa shape index (κ2) is 7.77. The van der Waals surface area contributed by atoms with E-state index in [-0.39, 0.29) is 34.8 Å². The summed E-state index contributed by atoms with van der Waals surface area (Å²) in [4.78, 5) is 29.0. The number of hydrogen-bond acceptors (Lipinski definition) is 4. The Balaban J connectivity index is 1.66. The van der Waals surface area contributed by atoms with Crippen LogP contribution in [0.2, 0.25) is 0 Å². The van der Waals surface area contributed by atoms with Crippen LogP contribution < -0.4 is 10.6 Å². The number of alkyl halides is 2. The molecule has 2 N–H and O–H groups in total. The summed E-state index contributed by atoms with van der Waals surface area (Å²) in [7, 11) is 0. The highest BCUT2D eigenvalue weighted by Crippen LogP contribution is 2.27. The third kappa shape index (κ3) is 3.60. The minimum Gasteiger partial charge on any atom is -0.347 e. The van der Waals surface area contributed by atoms with E-state index in [4.69, 9.17) is 0 Å². The van der Waals surface area contributed by atoms with Crippen molar-refractivity contribution in [3.8, 4) is 0 Å². The van der Waals surface area contributed by atoms with E-state index in [2.05, 4.69) is 20.7 Å². The number of carbonyl (C=O) groups excluding carboxylic acids is 2. The molecule has 0 spiro atoms. The van der Waals surface area contributed by atoms with E-state index in [1.54, 1.807) is 19.1 Å². The number of aryl methyl sites for hydroxylation is 1. The van der Waals surface area contributed by atoms with Gasteiger partial charge in [-0.3, -0.25) is 9.59 Å². The molecule has 0 saturated carbocycles. The molecule has 1 aromatic carbocycles. The summed E-state index contributed by atoms with van der Waals surface area (Å²) < 4.78 is 41.9. The Morgan fingerprint density at radius 2 is 2.10 bits per heavy atom. The lowest BCUT2D eigenvalue weighted by atomic mass is 9.91. The molecule has 0 radical (unpaired) electrons. The van der Waals surface area contributed by atoms with Gasteiger partial charge in [-0.05, 0) is 25.5 Å². The van der Waals surface area contributed by atoms with Crippen molar-refractivity contribution in [3.05, 3.63) is 64.9 Å². The first-order valence-electron chi connectivity index (χ1n) is 9.33. The van der Waals surface area contributed by atoms with Crippen LogP contribution in [0, 0.1) is 12.7 Å². The molecule has 0 bridgehead atoms. The zero-order chi connectivity index (χ0) is 21.4. The van der Waals surface area contributed by atoms with Gasteiger partial charge in [-0.1, -0.05) is 18.2 Å². The first-order valence-corrected chi connectivity index (χ1v) is 9.33. The number of halogens is 3. The number of piperidine rings is 1. The molecule has 10 heteroatoms. The van der Waals surface area contributed by atoms with Gasteiger partial charge in [0.2, 0.25) is 5.91 Å². The van der Waals surface area contributed by atoms with Crippen LogP contribution in [-0.4, -0.2) is 32.5 Å². The molecule has 2 unspecified atom stereocenters. The average molecular weight is 417 g/mol. The maximum atomic E-state index is 14.3. The van der Waals surface area contributed by atoms with Crippen molar-refractivity contribution in [2.45, 2.75) is 38.3 Å². The molecule has 3 aromatic rings. The fourth-order valence-corrected chi connectivity index (χ4v) is 3.65. The molecule has 3 heterocycles. The Kier molecular flexibility index (Phi) is 5.15. The Morgan fingerprint density at radius 1 is 1.33 bits per heavy atom. The number of rotatable bonds is 4. The van der Waals surface area contributed by atoms with Crippen LogP contribution in [0.3, 0.4) is 0 Å². The zero-order valence-corrected chi connectivity index (χ0v) is 15.9. The van der Waals surface area contributed by atoms with Crippen LogP contribution >= 0.6 is 0 Å². The molecular formula is C20H18F3N5O2. The van der Waals surface area contributed by atoms with Crippen LogP contribution in [0.25, 0.3) is 5.65 Å². The molecule has 4 rings (SSSR count). The van der Waals surface area contributed by atoms with E-state index in [1.807, 2.05) is 0 Å². The smallest absolute Gasteiger partial charge is 0.280 e. The van der Waals surface area contributed by atoms with Crippen molar-refractivity contribution >= 4 is 17.5 Å². The second-order valence-corrected chi connectivity index (χ2v) is 7.10. The fourth-order valence-electron chi connectivity index (χ4n) is 3.65. The molecule has 1 saturated heterocycles. The van der Waals surface area contributed by atoms with Gasteiger partial charge in [0.15, 0.2) is 5.65 Å². The molecule has 2 amide bonds. The van der Waals surface area contributed by atoms with Gasteiger partial charge in [-0.25, -0.2) is 22.7 Å². The lowest BCUT2D eigenvalue weighted by Gasteiger charge is -2.33. The lowest BCUT2D eigenvalue weighted by molar-refractivity contribution is -0.123. The minimum atomic E-state index is -2.79. The summed E-state index contributed by atoms with van der Waals surface area (Å²) in [5.74, 6) is -1.34. The van der Waals surface area contributed by atoms with Crippen LogP contribution in [0.4, 0.5) is 13.2 Å². The second-order valence-electron chi connectivity index (χ2n) is 7.10. The lowest BCUT2D eigenvalue weighted by Crippen LogP contribution is -2.50. The van der Waals surface area contributed by atoms with E-state index in [0.29, 0.717) is 12.1 Å². The van der Waals surface area contributed by atoms with Crippen LogP contribution in [0.5, 0.6) is 0 Å². The quantitative estimate of drug-likeness (QED) is 0.683. The number of carbonyl (C=O) groups is 2.